The number of hydrogen-bond acceptors (Lipinski definition) is 7. The fourth-order valence-electron chi connectivity index (χ4n) is 4.36. The van der Waals surface area contributed by atoms with Crippen molar-refractivity contribution in [1.82, 2.24) is 24.7 Å². The molecule has 4 heterocycles. The molecule has 3 aromatic heterocycles. The lowest BCUT2D eigenvalue weighted by Crippen LogP contribution is -2.27. The van der Waals surface area contributed by atoms with Gasteiger partial charge in [-0.1, -0.05) is 19.1 Å². The lowest BCUT2D eigenvalue weighted by molar-refractivity contribution is 0.164. The van der Waals surface area contributed by atoms with Crippen molar-refractivity contribution in [2.45, 2.75) is 26.7 Å². The number of aryl methyl sites for hydroxylation is 1. The Bertz CT molecular complexity index is 1330. The van der Waals surface area contributed by atoms with E-state index >= 15 is 0 Å². The van der Waals surface area contributed by atoms with Gasteiger partial charge in [0.15, 0.2) is 5.82 Å². The molecule has 1 unspecified atom stereocenters. The Morgan fingerprint density at radius 1 is 1.21 bits per heavy atom. The highest BCUT2D eigenvalue weighted by atomic mass is 16.5. The Morgan fingerprint density at radius 3 is 2.82 bits per heavy atom. The molecule has 5 rings (SSSR count). The smallest absolute Gasteiger partial charge is 0.152 e. The van der Waals surface area contributed by atoms with Gasteiger partial charge in [0.25, 0.3) is 0 Å². The second kappa shape index (κ2) is 9.02. The van der Waals surface area contributed by atoms with E-state index in [2.05, 4.69) is 52.4 Å². The van der Waals surface area contributed by atoms with E-state index < -0.39 is 0 Å². The third-order valence-corrected chi connectivity index (χ3v) is 6.71. The third-order valence-electron chi connectivity index (χ3n) is 6.71. The summed E-state index contributed by atoms with van der Waals surface area (Å²) < 4.78 is 13.2. The number of anilines is 1. The van der Waals surface area contributed by atoms with Gasteiger partial charge in [-0.25, -0.2) is 15.0 Å². The molecule has 8 nitrogen and oxygen atoms in total. The zero-order chi connectivity index (χ0) is 23.7. The van der Waals surface area contributed by atoms with Gasteiger partial charge in [0.2, 0.25) is 0 Å². The fourth-order valence-corrected chi connectivity index (χ4v) is 4.36. The molecule has 1 aliphatic heterocycles. The average molecular weight is 459 g/mol. The van der Waals surface area contributed by atoms with Gasteiger partial charge in [0.05, 0.1) is 19.9 Å². The highest BCUT2D eigenvalue weighted by Gasteiger charge is 2.29. The van der Waals surface area contributed by atoms with E-state index in [0.29, 0.717) is 6.42 Å². The zero-order valence-corrected chi connectivity index (χ0v) is 20.1. The maximum atomic E-state index is 5.72. The first-order chi connectivity index (χ1) is 16.5. The summed E-state index contributed by atoms with van der Waals surface area (Å²) in [4.78, 5) is 14.0. The third kappa shape index (κ3) is 4.33. The first-order valence-corrected chi connectivity index (χ1v) is 11.5. The monoisotopic (exact) mass is 458 g/mol. The molecular weight excluding hydrogens is 428 g/mol. The number of rotatable bonds is 7. The SMILES string of the molecule is COc1cc(-c2cnn(C)c2C)ccc1Cc1ncc2ccnc(NCC3(C)CCOC3)c2n1. The van der Waals surface area contributed by atoms with Crippen LogP contribution in [-0.4, -0.2) is 51.6 Å². The molecule has 0 radical (unpaired) electrons. The summed E-state index contributed by atoms with van der Waals surface area (Å²) in [6.45, 7) is 6.67. The molecule has 0 amide bonds. The summed E-state index contributed by atoms with van der Waals surface area (Å²) in [5, 5.41) is 8.82. The Morgan fingerprint density at radius 2 is 2.09 bits per heavy atom. The average Bonchev–Trinajstić information content (AvgIpc) is 3.43. The van der Waals surface area contributed by atoms with E-state index in [1.54, 1.807) is 13.3 Å². The number of hydrogen-bond donors (Lipinski definition) is 1. The molecule has 1 atom stereocenters. The fraction of sp³-hybridized carbons (Fsp3) is 0.385. The second-order valence-corrected chi connectivity index (χ2v) is 9.32. The summed E-state index contributed by atoms with van der Waals surface area (Å²) in [5.74, 6) is 2.31. The molecule has 4 aromatic rings. The Labute approximate surface area is 199 Å². The van der Waals surface area contributed by atoms with Crippen LogP contribution in [0.2, 0.25) is 0 Å². The lowest BCUT2D eigenvalue weighted by Gasteiger charge is -2.22. The number of ether oxygens (including phenoxy) is 2. The van der Waals surface area contributed by atoms with Crippen LogP contribution in [0.25, 0.3) is 22.0 Å². The highest BCUT2D eigenvalue weighted by molar-refractivity contribution is 5.87. The predicted molar refractivity (Wildman–Crippen MR) is 132 cm³/mol. The van der Waals surface area contributed by atoms with Crippen molar-refractivity contribution in [3.8, 4) is 16.9 Å². The van der Waals surface area contributed by atoms with Crippen molar-refractivity contribution in [1.29, 1.82) is 0 Å². The Balaban J connectivity index is 1.41. The van der Waals surface area contributed by atoms with Gasteiger partial charge in [-0.3, -0.25) is 4.68 Å². The van der Waals surface area contributed by atoms with Gasteiger partial charge in [-0.15, -0.1) is 0 Å². The number of pyridine rings is 1. The normalized spacial score (nSPS) is 17.9. The van der Waals surface area contributed by atoms with Crippen molar-refractivity contribution in [2.24, 2.45) is 12.5 Å². The number of nitrogens with zero attached hydrogens (tertiary/aromatic N) is 5. The molecule has 0 spiro atoms. The topological polar surface area (TPSA) is 87.0 Å². The maximum Gasteiger partial charge on any atom is 0.152 e. The van der Waals surface area contributed by atoms with Gasteiger partial charge >= 0.3 is 0 Å². The number of aromatic nitrogens is 5. The number of fused-ring (bicyclic) bond motifs is 1. The molecule has 0 saturated carbocycles. The van der Waals surface area contributed by atoms with E-state index in [-0.39, 0.29) is 5.41 Å². The van der Waals surface area contributed by atoms with Gasteiger partial charge in [-0.05, 0) is 31.0 Å². The lowest BCUT2D eigenvalue weighted by atomic mass is 9.90. The zero-order valence-electron chi connectivity index (χ0n) is 20.1. The van der Waals surface area contributed by atoms with Crippen LogP contribution in [0.1, 0.15) is 30.4 Å². The number of methoxy groups -OCH3 is 1. The summed E-state index contributed by atoms with van der Waals surface area (Å²) in [7, 11) is 3.64. The molecule has 1 saturated heterocycles. The van der Waals surface area contributed by atoms with Gasteiger partial charge < -0.3 is 14.8 Å². The number of nitrogens with one attached hydrogen (secondary N) is 1. The van der Waals surface area contributed by atoms with E-state index in [1.165, 1.54) is 0 Å². The molecule has 0 bridgehead atoms. The largest absolute Gasteiger partial charge is 0.496 e. The molecule has 1 aliphatic rings. The molecule has 176 valence electrons. The van der Waals surface area contributed by atoms with E-state index in [4.69, 9.17) is 14.5 Å². The van der Waals surface area contributed by atoms with E-state index in [0.717, 1.165) is 76.9 Å². The molecule has 34 heavy (non-hydrogen) atoms. The standard InChI is InChI=1S/C26H30N6O2/c1-17-21(14-30-32(17)3)18-5-6-19(22(11-18)33-4)12-23-28-13-20-7-9-27-25(24(20)31-23)29-15-26(2)8-10-34-16-26/h5-7,9,11,13-14H,8,10,12,15-16H2,1-4H3,(H,27,29). The maximum absolute atomic E-state index is 5.72. The molecule has 1 aromatic carbocycles. The first kappa shape index (κ1) is 22.3. The molecule has 1 fully saturated rings. The van der Waals surface area contributed by atoms with Crippen molar-refractivity contribution in [3.63, 3.8) is 0 Å². The minimum absolute atomic E-state index is 0.113. The summed E-state index contributed by atoms with van der Waals surface area (Å²) in [6.07, 6.45) is 7.15. The van der Waals surface area contributed by atoms with Crippen LogP contribution in [0.4, 0.5) is 5.82 Å². The minimum atomic E-state index is 0.113. The van der Waals surface area contributed by atoms with Crippen LogP contribution in [0, 0.1) is 12.3 Å². The Kier molecular flexibility index (Phi) is 5.91. The summed E-state index contributed by atoms with van der Waals surface area (Å²) in [5.41, 5.74) is 5.25. The van der Waals surface area contributed by atoms with Gasteiger partial charge in [0.1, 0.15) is 17.1 Å². The molecule has 1 N–H and O–H groups in total. The minimum Gasteiger partial charge on any atom is -0.496 e. The van der Waals surface area contributed by atoms with Gasteiger partial charge in [-0.2, -0.15) is 5.10 Å². The van der Waals surface area contributed by atoms with E-state index in [1.807, 2.05) is 30.2 Å². The van der Waals surface area contributed by atoms with Crippen LogP contribution in [0.15, 0.2) is 42.9 Å². The summed E-state index contributed by atoms with van der Waals surface area (Å²) in [6, 6.07) is 8.18. The van der Waals surface area contributed by atoms with Crippen LogP contribution < -0.4 is 10.1 Å². The Hall–Kier alpha value is -3.52. The highest BCUT2D eigenvalue weighted by Crippen LogP contribution is 2.31. The van der Waals surface area contributed by atoms with Crippen LogP contribution in [0.3, 0.4) is 0 Å². The van der Waals surface area contributed by atoms with Crippen molar-refractivity contribution < 1.29 is 9.47 Å². The number of benzene rings is 1. The second-order valence-electron chi connectivity index (χ2n) is 9.32. The van der Waals surface area contributed by atoms with Crippen molar-refractivity contribution >= 4 is 16.7 Å². The van der Waals surface area contributed by atoms with Gasteiger partial charge in [0, 0.05) is 66.6 Å². The van der Waals surface area contributed by atoms with Crippen LogP contribution >= 0.6 is 0 Å². The molecular formula is C26H30N6O2. The first-order valence-electron chi connectivity index (χ1n) is 11.5. The molecule has 8 heteroatoms. The predicted octanol–water partition coefficient (Wildman–Crippen LogP) is 4.17. The summed E-state index contributed by atoms with van der Waals surface area (Å²) >= 11 is 0. The van der Waals surface area contributed by atoms with Crippen LogP contribution in [0.5, 0.6) is 5.75 Å². The molecule has 0 aliphatic carbocycles. The van der Waals surface area contributed by atoms with E-state index in [9.17, 15) is 0 Å². The van der Waals surface area contributed by atoms with Crippen molar-refractivity contribution in [2.75, 3.05) is 32.2 Å². The van der Waals surface area contributed by atoms with Crippen molar-refractivity contribution in [3.05, 3.63) is 59.9 Å². The quantitative estimate of drug-likeness (QED) is 0.445. The van der Waals surface area contributed by atoms with Crippen LogP contribution in [-0.2, 0) is 18.2 Å².